The van der Waals surface area contributed by atoms with Crippen LogP contribution < -0.4 is 5.32 Å². The average Bonchev–Trinajstić information content (AvgIpc) is 2.74. The summed E-state index contributed by atoms with van der Waals surface area (Å²) in [7, 11) is 0. The van der Waals surface area contributed by atoms with E-state index < -0.39 is 0 Å². The zero-order valence-corrected chi connectivity index (χ0v) is 10.9. The summed E-state index contributed by atoms with van der Waals surface area (Å²) >= 11 is 3.34. The van der Waals surface area contributed by atoms with Crippen molar-refractivity contribution in [1.82, 2.24) is 4.90 Å². The predicted octanol–water partition coefficient (Wildman–Crippen LogP) is 2.01. The molecule has 1 fully saturated rings. The molecule has 1 heterocycles. The topological polar surface area (TPSA) is 49.4 Å². The normalized spacial score (nSPS) is 15.1. The largest absolute Gasteiger partial charge is 0.376 e. The Kier molecular flexibility index (Phi) is 3.78. The van der Waals surface area contributed by atoms with Crippen LogP contribution in [0.3, 0.4) is 0 Å². The van der Waals surface area contributed by atoms with Gasteiger partial charge >= 0.3 is 0 Å². The molecule has 1 aromatic carbocycles. The summed E-state index contributed by atoms with van der Waals surface area (Å²) in [5.74, 6) is -0.219. The Balaban J connectivity index is 1.87. The number of likely N-dealkylation sites (tertiary alicyclic amines) is 1. The number of anilines is 1. The number of halogens is 1. The molecule has 1 N–H and O–H groups in total. The zero-order valence-electron chi connectivity index (χ0n) is 9.28. The van der Waals surface area contributed by atoms with Crippen LogP contribution in [0.5, 0.6) is 0 Å². The molecule has 4 nitrogen and oxygen atoms in total. The first-order valence-electron chi connectivity index (χ1n) is 5.49. The Hall–Kier alpha value is -1.36. The van der Waals surface area contributed by atoms with Crippen molar-refractivity contribution in [2.75, 3.05) is 18.4 Å². The summed E-state index contributed by atoms with van der Waals surface area (Å²) in [6.45, 7) is 0.715. The molecule has 17 heavy (non-hydrogen) atoms. The summed E-state index contributed by atoms with van der Waals surface area (Å²) in [6.07, 6.45) is 1.27. The van der Waals surface area contributed by atoms with Gasteiger partial charge in [0, 0.05) is 23.1 Å². The van der Waals surface area contributed by atoms with Crippen LogP contribution in [-0.4, -0.2) is 29.8 Å². The molecular formula is C12H13BrN2O2. The highest BCUT2D eigenvalue weighted by molar-refractivity contribution is 9.10. The molecule has 0 aliphatic carbocycles. The van der Waals surface area contributed by atoms with Gasteiger partial charge in [-0.2, -0.15) is 0 Å². The van der Waals surface area contributed by atoms with E-state index in [1.165, 1.54) is 4.90 Å². The minimum absolute atomic E-state index is 0.0624. The molecule has 0 radical (unpaired) electrons. The zero-order chi connectivity index (χ0) is 12.3. The Bertz CT molecular complexity index is 431. The highest BCUT2D eigenvalue weighted by atomic mass is 79.9. The number of imide groups is 1. The van der Waals surface area contributed by atoms with Gasteiger partial charge in [-0.15, -0.1) is 0 Å². The van der Waals surface area contributed by atoms with Gasteiger partial charge < -0.3 is 5.32 Å². The third-order valence-electron chi connectivity index (χ3n) is 2.66. The predicted molar refractivity (Wildman–Crippen MR) is 68.6 cm³/mol. The van der Waals surface area contributed by atoms with Crippen molar-refractivity contribution in [2.24, 2.45) is 0 Å². The van der Waals surface area contributed by atoms with Crippen molar-refractivity contribution < 1.29 is 9.59 Å². The van der Waals surface area contributed by atoms with Gasteiger partial charge in [0.2, 0.25) is 11.8 Å². The summed E-state index contributed by atoms with van der Waals surface area (Å²) < 4.78 is 0.990. The number of nitrogens with one attached hydrogen (secondary N) is 1. The molecule has 1 aliphatic rings. The maximum Gasteiger partial charge on any atom is 0.248 e. The monoisotopic (exact) mass is 296 g/mol. The summed E-state index contributed by atoms with van der Waals surface area (Å²) in [5.41, 5.74) is 0.869. The number of rotatable bonds is 3. The van der Waals surface area contributed by atoms with Crippen LogP contribution in [0.4, 0.5) is 5.69 Å². The highest BCUT2D eigenvalue weighted by Gasteiger charge is 2.25. The van der Waals surface area contributed by atoms with Gasteiger partial charge in [0.1, 0.15) is 0 Å². The lowest BCUT2D eigenvalue weighted by Crippen LogP contribution is -2.36. The van der Waals surface area contributed by atoms with Crippen molar-refractivity contribution in [2.45, 2.75) is 12.8 Å². The summed E-state index contributed by atoms with van der Waals surface area (Å²) in [6, 6.07) is 7.55. The standard InChI is InChI=1S/C12H13BrN2O2/c13-9-3-5-10(6-4-9)14-8-12(17)15-7-1-2-11(15)16/h3-6,14H,1-2,7-8H2. The molecule has 0 atom stereocenters. The molecule has 90 valence electrons. The second kappa shape index (κ2) is 5.31. The van der Waals surface area contributed by atoms with Gasteiger partial charge in [0.15, 0.2) is 0 Å². The third-order valence-corrected chi connectivity index (χ3v) is 3.19. The number of nitrogens with zero attached hydrogens (tertiary/aromatic N) is 1. The van der Waals surface area contributed by atoms with Crippen LogP contribution in [0.25, 0.3) is 0 Å². The van der Waals surface area contributed by atoms with E-state index in [9.17, 15) is 9.59 Å². The van der Waals surface area contributed by atoms with E-state index in [2.05, 4.69) is 21.2 Å². The lowest BCUT2D eigenvalue weighted by atomic mass is 10.3. The number of hydrogen-bond donors (Lipinski definition) is 1. The van der Waals surface area contributed by atoms with Crippen molar-refractivity contribution in [3.05, 3.63) is 28.7 Å². The van der Waals surface area contributed by atoms with Crippen molar-refractivity contribution in [1.29, 1.82) is 0 Å². The van der Waals surface area contributed by atoms with Gasteiger partial charge in [-0.05, 0) is 30.7 Å². The van der Waals surface area contributed by atoms with Gasteiger partial charge in [0.05, 0.1) is 6.54 Å². The van der Waals surface area contributed by atoms with Crippen LogP contribution in [0.15, 0.2) is 28.7 Å². The molecule has 2 amide bonds. The van der Waals surface area contributed by atoms with Crippen molar-refractivity contribution in [3.8, 4) is 0 Å². The van der Waals surface area contributed by atoms with E-state index in [1.807, 2.05) is 24.3 Å². The Morgan fingerprint density at radius 3 is 2.65 bits per heavy atom. The molecule has 0 spiro atoms. The van der Waals surface area contributed by atoms with E-state index >= 15 is 0 Å². The molecule has 0 unspecified atom stereocenters. The average molecular weight is 297 g/mol. The van der Waals surface area contributed by atoms with Gasteiger partial charge in [-0.1, -0.05) is 15.9 Å². The molecule has 5 heteroatoms. The number of carbonyl (C=O) groups is 2. The number of hydrogen-bond acceptors (Lipinski definition) is 3. The van der Waals surface area contributed by atoms with E-state index in [0.29, 0.717) is 13.0 Å². The van der Waals surface area contributed by atoms with Crippen LogP contribution in [0.2, 0.25) is 0 Å². The molecule has 0 bridgehead atoms. The molecule has 1 saturated heterocycles. The fourth-order valence-electron chi connectivity index (χ4n) is 1.75. The number of amides is 2. The van der Waals surface area contributed by atoms with Crippen LogP contribution >= 0.6 is 15.9 Å². The van der Waals surface area contributed by atoms with Crippen LogP contribution in [0, 0.1) is 0 Å². The Morgan fingerprint density at radius 2 is 2.06 bits per heavy atom. The van der Waals surface area contributed by atoms with Gasteiger partial charge in [-0.25, -0.2) is 0 Å². The summed E-state index contributed by atoms with van der Waals surface area (Å²) in [4.78, 5) is 24.4. The maximum absolute atomic E-state index is 11.7. The number of carbonyl (C=O) groups excluding carboxylic acids is 2. The smallest absolute Gasteiger partial charge is 0.248 e. The van der Waals surface area contributed by atoms with Crippen LogP contribution in [-0.2, 0) is 9.59 Å². The first kappa shape index (κ1) is 12.1. The Morgan fingerprint density at radius 1 is 1.35 bits per heavy atom. The molecule has 0 saturated carbocycles. The SMILES string of the molecule is O=C1CCCN1C(=O)CNc1ccc(Br)cc1. The number of benzene rings is 1. The van der Waals surface area contributed by atoms with E-state index in [0.717, 1.165) is 16.6 Å². The molecular weight excluding hydrogens is 284 g/mol. The maximum atomic E-state index is 11.7. The quantitative estimate of drug-likeness (QED) is 0.928. The summed E-state index contributed by atoms with van der Waals surface area (Å²) in [5, 5.41) is 3.00. The molecule has 1 aliphatic heterocycles. The second-order valence-electron chi connectivity index (χ2n) is 3.90. The highest BCUT2D eigenvalue weighted by Crippen LogP contribution is 2.14. The fraction of sp³-hybridized carbons (Fsp3) is 0.333. The van der Waals surface area contributed by atoms with E-state index in [1.54, 1.807) is 0 Å². The lowest BCUT2D eigenvalue weighted by molar-refractivity contribution is -0.140. The molecule has 0 aromatic heterocycles. The van der Waals surface area contributed by atoms with Gasteiger partial charge in [-0.3, -0.25) is 14.5 Å². The first-order chi connectivity index (χ1) is 8.16. The van der Waals surface area contributed by atoms with Gasteiger partial charge in [0.25, 0.3) is 0 Å². The molecule has 2 rings (SSSR count). The van der Waals surface area contributed by atoms with E-state index in [4.69, 9.17) is 0 Å². The second-order valence-corrected chi connectivity index (χ2v) is 4.82. The lowest BCUT2D eigenvalue weighted by Gasteiger charge is -2.14. The fourth-order valence-corrected chi connectivity index (χ4v) is 2.02. The molecule has 1 aromatic rings. The van der Waals surface area contributed by atoms with Crippen molar-refractivity contribution in [3.63, 3.8) is 0 Å². The van der Waals surface area contributed by atoms with Crippen LogP contribution in [0.1, 0.15) is 12.8 Å². The first-order valence-corrected chi connectivity index (χ1v) is 6.29. The minimum atomic E-state index is -0.157. The van der Waals surface area contributed by atoms with Crippen molar-refractivity contribution >= 4 is 33.4 Å². The third kappa shape index (κ3) is 3.06. The van der Waals surface area contributed by atoms with E-state index in [-0.39, 0.29) is 18.4 Å². The minimum Gasteiger partial charge on any atom is -0.376 e. The Labute approximate surface area is 108 Å².